The van der Waals surface area contributed by atoms with Crippen LogP contribution in [0.5, 0.6) is 0 Å². The predicted octanol–water partition coefficient (Wildman–Crippen LogP) is 1.15. The molecule has 1 aliphatic heterocycles. The van der Waals surface area contributed by atoms with Crippen molar-refractivity contribution in [2.45, 2.75) is 12.7 Å². The molecule has 0 aliphatic carbocycles. The van der Waals surface area contributed by atoms with Crippen molar-refractivity contribution in [1.29, 1.82) is 0 Å². The fourth-order valence-corrected chi connectivity index (χ4v) is 3.43. The summed E-state index contributed by atoms with van der Waals surface area (Å²) in [5.74, 6) is 0.660. The average molecular weight is 349 g/mol. The van der Waals surface area contributed by atoms with Crippen LogP contribution in [0, 0.1) is 6.92 Å². The average Bonchev–Trinajstić information content (AvgIpc) is 3.04. The summed E-state index contributed by atoms with van der Waals surface area (Å²) < 4.78 is 22.6. The van der Waals surface area contributed by atoms with Gasteiger partial charge < -0.3 is 14.2 Å². The van der Waals surface area contributed by atoms with Crippen molar-refractivity contribution in [2.75, 3.05) is 32.1 Å². The molecule has 1 aromatic heterocycles. The summed E-state index contributed by atoms with van der Waals surface area (Å²) in [6.45, 7) is 4.12. The molecule has 1 amide bonds. The molecule has 1 aliphatic rings. The predicted molar refractivity (Wildman–Crippen MR) is 88.6 cm³/mol. The SMILES string of the molecule is Cc1ccccc1-c1noc(C[S@](=O)CC(=O)N2CCOCC2)n1. The van der Waals surface area contributed by atoms with Gasteiger partial charge in [-0.3, -0.25) is 9.00 Å². The van der Waals surface area contributed by atoms with Gasteiger partial charge in [0.15, 0.2) is 0 Å². The highest BCUT2D eigenvalue weighted by molar-refractivity contribution is 7.84. The van der Waals surface area contributed by atoms with Gasteiger partial charge in [0.2, 0.25) is 17.6 Å². The Bertz CT molecular complexity index is 740. The standard InChI is InChI=1S/C16H19N3O4S/c1-12-4-2-3-5-13(12)16-17-14(23-18-16)10-24(21)11-15(20)19-6-8-22-9-7-19/h2-5H,6-11H2,1H3/t24-/m0/s1. The molecule has 0 unspecified atom stereocenters. The molecule has 1 atom stereocenters. The van der Waals surface area contributed by atoms with Crippen molar-refractivity contribution >= 4 is 16.7 Å². The number of aromatic nitrogens is 2. The fraction of sp³-hybridized carbons (Fsp3) is 0.438. The second-order valence-corrected chi connectivity index (χ2v) is 7.01. The molecule has 2 heterocycles. The minimum atomic E-state index is -1.38. The molecular weight excluding hydrogens is 330 g/mol. The van der Waals surface area contributed by atoms with E-state index in [1.807, 2.05) is 31.2 Å². The van der Waals surface area contributed by atoms with E-state index in [0.717, 1.165) is 11.1 Å². The summed E-state index contributed by atoms with van der Waals surface area (Å²) in [5, 5.41) is 3.94. The highest BCUT2D eigenvalue weighted by Crippen LogP contribution is 2.20. The second-order valence-electron chi connectivity index (χ2n) is 5.55. The molecule has 0 saturated carbocycles. The van der Waals surface area contributed by atoms with Crippen molar-refractivity contribution in [2.24, 2.45) is 0 Å². The Morgan fingerprint density at radius 2 is 2.04 bits per heavy atom. The van der Waals surface area contributed by atoms with Crippen molar-refractivity contribution in [3.63, 3.8) is 0 Å². The van der Waals surface area contributed by atoms with E-state index in [9.17, 15) is 9.00 Å². The lowest BCUT2D eigenvalue weighted by molar-refractivity contribution is -0.132. The van der Waals surface area contributed by atoms with E-state index in [1.165, 1.54) is 0 Å². The van der Waals surface area contributed by atoms with Crippen molar-refractivity contribution < 1.29 is 18.3 Å². The van der Waals surface area contributed by atoms with Crippen molar-refractivity contribution in [3.8, 4) is 11.4 Å². The number of carbonyl (C=O) groups is 1. The summed E-state index contributed by atoms with van der Waals surface area (Å²) in [6, 6.07) is 7.71. The number of carbonyl (C=O) groups excluding carboxylic acids is 1. The fourth-order valence-electron chi connectivity index (χ4n) is 2.48. The number of aryl methyl sites for hydroxylation is 1. The molecule has 0 N–H and O–H groups in total. The van der Waals surface area contributed by atoms with Gasteiger partial charge in [-0.25, -0.2) is 0 Å². The maximum absolute atomic E-state index is 12.2. The van der Waals surface area contributed by atoms with E-state index in [4.69, 9.17) is 9.26 Å². The third kappa shape index (κ3) is 4.07. The molecule has 1 saturated heterocycles. The monoisotopic (exact) mass is 349 g/mol. The van der Waals surface area contributed by atoms with E-state index in [-0.39, 0.29) is 23.3 Å². The Hall–Kier alpha value is -2.06. The Kier molecular flexibility index (Phi) is 5.37. The van der Waals surface area contributed by atoms with Gasteiger partial charge in [-0.2, -0.15) is 4.98 Å². The number of benzene rings is 1. The first kappa shape index (κ1) is 16.8. The van der Waals surface area contributed by atoms with Crippen LogP contribution < -0.4 is 0 Å². The molecule has 0 radical (unpaired) electrons. The summed E-state index contributed by atoms with van der Waals surface area (Å²) in [6.07, 6.45) is 0. The van der Waals surface area contributed by atoms with Crippen LogP contribution in [0.15, 0.2) is 28.8 Å². The zero-order chi connectivity index (χ0) is 16.9. The Balaban J connectivity index is 1.59. The molecule has 128 valence electrons. The maximum atomic E-state index is 12.2. The van der Waals surface area contributed by atoms with E-state index >= 15 is 0 Å². The number of ether oxygens (including phenoxy) is 1. The summed E-state index contributed by atoms with van der Waals surface area (Å²) in [7, 11) is -1.38. The van der Waals surface area contributed by atoms with Gasteiger partial charge in [0.25, 0.3) is 0 Å². The quantitative estimate of drug-likeness (QED) is 0.805. The summed E-state index contributed by atoms with van der Waals surface area (Å²) in [4.78, 5) is 18.0. The number of amides is 1. The van der Waals surface area contributed by atoms with Crippen LogP contribution in [-0.2, 0) is 26.1 Å². The molecule has 3 rings (SSSR count). The van der Waals surface area contributed by atoms with Gasteiger partial charge in [0.05, 0.1) is 13.2 Å². The van der Waals surface area contributed by atoms with Crippen LogP contribution in [0.1, 0.15) is 11.5 Å². The Labute approximate surface area is 142 Å². The zero-order valence-electron chi connectivity index (χ0n) is 13.4. The molecule has 24 heavy (non-hydrogen) atoms. The Morgan fingerprint density at radius 1 is 1.29 bits per heavy atom. The van der Waals surface area contributed by atoms with E-state index in [2.05, 4.69) is 10.1 Å². The van der Waals surface area contributed by atoms with E-state index < -0.39 is 10.8 Å². The lowest BCUT2D eigenvalue weighted by Crippen LogP contribution is -2.42. The van der Waals surface area contributed by atoms with Gasteiger partial charge in [0, 0.05) is 29.5 Å². The molecule has 2 aromatic rings. The van der Waals surface area contributed by atoms with Gasteiger partial charge in [0.1, 0.15) is 11.5 Å². The zero-order valence-corrected chi connectivity index (χ0v) is 14.3. The lowest BCUT2D eigenvalue weighted by Gasteiger charge is -2.26. The number of hydrogen-bond acceptors (Lipinski definition) is 6. The first-order chi connectivity index (χ1) is 11.6. The molecule has 0 spiro atoms. The van der Waals surface area contributed by atoms with Crippen LogP contribution in [0.4, 0.5) is 0 Å². The lowest BCUT2D eigenvalue weighted by atomic mass is 10.1. The van der Waals surface area contributed by atoms with Gasteiger partial charge >= 0.3 is 0 Å². The molecular formula is C16H19N3O4S. The third-order valence-corrected chi connectivity index (χ3v) is 4.92. The van der Waals surface area contributed by atoms with Crippen molar-refractivity contribution in [1.82, 2.24) is 15.0 Å². The van der Waals surface area contributed by atoms with Crippen LogP contribution in [0.3, 0.4) is 0 Å². The van der Waals surface area contributed by atoms with Gasteiger partial charge in [-0.1, -0.05) is 29.4 Å². The minimum absolute atomic E-state index is 0.0396. The number of nitrogens with zero attached hydrogens (tertiary/aromatic N) is 3. The number of rotatable bonds is 5. The summed E-state index contributed by atoms with van der Waals surface area (Å²) >= 11 is 0. The highest BCUT2D eigenvalue weighted by Gasteiger charge is 2.20. The minimum Gasteiger partial charge on any atom is -0.378 e. The largest absolute Gasteiger partial charge is 0.378 e. The molecule has 1 aromatic carbocycles. The third-order valence-electron chi connectivity index (χ3n) is 3.79. The molecule has 1 fully saturated rings. The Morgan fingerprint density at radius 3 is 2.79 bits per heavy atom. The highest BCUT2D eigenvalue weighted by atomic mass is 32.2. The van der Waals surface area contributed by atoms with E-state index in [1.54, 1.807) is 4.90 Å². The molecule has 8 heteroatoms. The van der Waals surface area contributed by atoms with Crippen molar-refractivity contribution in [3.05, 3.63) is 35.7 Å². The number of morpholine rings is 1. The van der Waals surface area contributed by atoms with E-state index in [0.29, 0.717) is 32.1 Å². The van der Waals surface area contributed by atoms with Gasteiger partial charge in [-0.05, 0) is 12.5 Å². The van der Waals surface area contributed by atoms with Crippen LogP contribution >= 0.6 is 0 Å². The summed E-state index contributed by atoms with van der Waals surface area (Å²) in [5.41, 5.74) is 1.91. The van der Waals surface area contributed by atoms with Crippen LogP contribution in [-0.4, -0.2) is 57.2 Å². The second kappa shape index (κ2) is 7.67. The molecule has 7 nitrogen and oxygen atoms in total. The normalized spacial score (nSPS) is 16.1. The first-order valence-corrected chi connectivity index (χ1v) is 9.21. The smallest absolute Gasteiger partial charge is 0.239 e. The topological polar surface area (TPSA) is 85.5 Å². The molecule has 0 bridgehead atoms. The van der Waals surface area contributed by atoms with Gasteiger partial charge in [-0.15, -0.1) is 0 Å². The maximum Gasteiger partial charge on any atom is 0.239 e. The first-order valence-electron chi connectivity index (χ1n) is 7.72. The number of hydrogen-bond donors (Lipinski definition) is 0. The van der Waals surface area contributed by atoms with Crippen LogP contribution in [0.25, 0.3) is 11.4 Å². The van der Waals surface area contributed by atoms with Crippen LogP contribution in [0.2, 0.25) is 0 Å².